The Hall–Kier alpha value is -1.10. The van der Waals surface area contributed by atoms with E-state index in [9.17, 15) is 4.79 Å². The molecule has 1 rings (SSSR count). The van der Waals surface area contributed by atoms with Gasteiger partial charge in [-0.25, -0.2) is 4.79 Å². The standard InChI is InChI=1S/C5H6N2O2S/c1-2-3(5(8)9)4(6)7-10-2/h1H3,(H2,6,7)(H,8,9). The first-order chi connectivity index (χ1) is 4.63. The van der Waals surface area contributed by atoms with E-state index in [4.69, 9.17) is 10.8 Å². The molecule has 3 N–H and O–H groups in total. The third-order valence-electron chi connectivity index (χ3n) is 1.10. The summed E-state index contributed by atoms with van der Waals surface area (Å²) in [5.41, 5.74) is 5.39. The van der Waals surface area contributed by atoms with E-state index in [0.717, 1.165) is 11.5 Å². The van der Waals surface area contributed by atoms with Crippen LogP contribution in [0.5, 0.6) is 0 Å². The molecular weight excluding hydrogens is 152 g/mol. The van der Waals surface area contributed by atoms with Gasteiger partial charge in [-0.05, 0) is 18.5 Å². The van der Waals surface area contributed by atoms with Crippen molar-refractivity contribution >= 4 is 23.3 Å². The van der Waals surface area contributed by atoms with Crippen molar-refractivity contribution in [1.82, 2.24) is 4.37 Å². The number of aryl methyl sites for hydroxylation is 1. The van der Waals surface area contributed by atoms with Crippen LogP contribution in [0.4, 0.5) is 5.82 Å². The molecule has 0 atom stereocenters. The van der Waals surface area contributed by atoms with Gasteiger partial charge in [0.25, 0.3) is 0 Å². The Kier molecular flexibility index (Phi) is 1.58. The van der Waals surface area contributed by atoms with E-state index in [1.54, 1.807) is 6.92 Å². The van der Waals surface area contributed by atoms with Gasteiger partial charge >= 0.3 is 5.97 Å². The lowest BCUT2D eigenvalue weighted by atomic mass is 10.3. The summed E-state index contributed by atoms with van der Waals surface area (Å²) >= 11 is 1.10. The SMILES string of the molecule is Cc1snc(N)c1C(=O)O. The van der Waals surface area contributed by atoms with Crippen molar-refractivity contribution in [2.75, 3.05) is 5.73 Å². The molecule has 1 aromatic heterocycles. The Balaban J connectivity index is 3.23. The summed E-state index contributed by atoms with van der Waals surface area (Å²) in [6.07, 6.45) is 0. The summed E-state index contributed by atoms with van der Waals surface area (Å²) in [5, 5.41) is 8.52. The van der Waals surface area contributed by atoms with Gasteiger partial charge in [-0.3, -0.25) is 0 Å². The van der Waals surface area contributed by atoms with E-state index < -0.39 is 5.97 Å². The Morgan fingerprint density at radius 1 is 1.80 bits per heavy atom. The second-order valence-corrected chi connectivity index (χ2v) is 2.78. The number of carboxylic acids is 1. The molecule has 4 nitrogen and oxygen atoms in total. The summed E-state index contributed by atoms with van der Waals surface area (Å²) in [6, 6.07) is 0. The van der Waals surface area contributed by atoms with Gasteiger partial charge < -0.3 is 10.8 Å². The molecule has 10 heavy (non-hydrogen) atoms. The first-order valence-corrected chi connectivity index (χ1v) is 3.35. The van der Waals surface area contributed by atoms with E-state index in [-0.39, 0.29) is 11.4 Å². The fraction of sp³-hybridized carbons (Fsp3) is 0.200. The summed E-state index contributed by atoms with van der Waals surface area (Å²) in [6.45, 7) is 1.68. The average molecular weight is 158 g/mol. The third-order valence-corrected chi connectivity index (χ3v) is 1.87. The van der Waals surface area contributed by atoms with Crippen molar-refractivity contribution in [3.8, 4) is 0 Å². The van der Waals surface area contributed by atoms with E-state index in [2.05, 4.69) is 4.37 Å². The van der Waals surface area contributed by atoms with Crippen LogP contribution in [0.3, 0.4) is 0 Å². The normalized spacial score (nSPS) is 9.70. The number of hydrogen-bond acceptors (Lipinski definition) is 4. The second-order valence-electron chi connectivity index (χ2n) is 1.80. The lowest BCUT2D eigenvalue weighted by Gasteiger charge is -1.89. The summed E-state index contributed by atoms with van der Waals surface area (Å²) < 4.78 is 3.68. The lowest BCUT2D eigenvalue weighted by molar-refractivity contribution is 0.0698. The van der Waals surface area contributed by atoms with E-state index >= 15 is 0 Å². The smallest absolute Gasteiger partial charge is 0.340 e. The van der Waals surface area contributed by atoms with Gasteiger partial charge in [-0.1, -0.05) is 0 Å². The van der Waals surface area contributed by atoms with Crippen LogP contribution in [-0.4, -0.2) is 15.4 Å². The van der Waals surface area contributed by atoms with Gasteiger partial charge in [0.15, 0.2) is 5.82 Å². The number of aromatic nitrogens is 1. The van der Waals surface area contributed by atoms with Crippen LogP contribution >= 0.6 is 11.5 Å². The molecule has 0 saturated carbocycles. The predicted octanol–water partition coefficient (Wildman–Crippen LogP) is 0.732. The van der Waals surface area contributed by atoms with Crippen molar-refractivity contribution in [3.63, 3.8) is 0 Å². The number of anilines is 1. The summed E-state index contributed by atoms with van der Waals surface area (Å²) in [7, 11) is 0. The maximum absolute atomic E-state index is 10.4. The monoisotopic (exact) mass is 158 g/mol. The van der Waals surface area contributed by atoms with Crippen LogP contribution in [0.2, 0.25) is 0 Å². The number of aromatic carboxylic acids is 1. The number of rotatable bonds is 1. The Bertz CT molecular complexity index is 249. The molecule has 0 unspecified atom stereocenters. The fourth-order valence-corrected chi connectivity index (χ4v) is 1.26. The highest BCUT2D eigenvalue weighted by atomic mass is 32.1. The first-order valence-electron chi connectivity index (χ1n) is 2.58. The number of nitrogen functional groups attached to an aromatic ring is 1. The van der Waals surface area contributed by atoms with Crippen LogP contribution in [0.25, 0.3) is 0 Å². The van der Waals surface area contributed by atoms with Gasteiger partial charge in [-0.15, -0.1) is 0 Å². The highest BCUT2D eigenvalue weighted by molar-refractivity contribution is 7.06. The van der Waals surface area contributed by atoms with E-state index in [0.29, 0.717) is 4.88 Å². The highest BCUT2D eigenvalue weighted by Crippen LogP contribution is 2.18. The molecule has 54 valence electrons. The van der Waals surface area contributed by atoms with Gasteiger partial charge in [0, 0.05) is 4.88 Å². The Morgan fingerprint density at radius 2 is 2.40 bits per heavy atom. The van der Waals surface area contributed by atoms with Gasteiger partial charge in [0.05, 0.1) is 0 Å². The topological polar surface area (TPSA) is 76.2 Å². The van der Waals surface area contributed by atoms with Crippen molar-refractivity contribution in [3.05, 3.63) is 10.4 Å². The second kappa shape index (κ2) is 2.26. The largest absolute Gasteiger partial charge is 0.478 e. The quantitative estimate of drug-likeness (QED) is 0.631. The predicted molar refractivity (Wildman–Crippen MR) is 38.2 cm³/mol. The first kappa shape index (κ1) is 7.01. The third kappa shape index (κ3) is 0.950. The molecule has 0 bridgehead atoms. The average Bonchev–Trinajstić information content (AvgIpc) is 2.11. The summed E-state index contributed by atoms with van der Waals surface area (Å²) in [5.74, 6) is -0.904. The minimum Gasteiger partial charge on any atom is -0.478 e. The Morgan fingerprint density at radius 3 is 2.60 bits per heavy atom. The zero-order chi connectivity index (χ0) is 7.72. The molecule has 0 fully saturated rings. The van der Waals surface area contributed by atoms with Crippen molar-refractivity contribution in [2.24, 2.45) is 0 Å². The van der Waals surface area contributed by atoms with Gasteiger partial charge in [0.2, 0.25) is 0 Å². The zero-order valence-electron chi connectivity index (χ0n) is 5.29. The van der Waals surface area contributed by atoms with Crippen molar-refractivity contribution < 1.29 is 9.90 Å². The minimum atomic E-state index is -1.01. The maximum Gasteiger partial charge on any atom is 0.340 e. The zero-order valence-corrected chi connectivity index (χ0v) is 6.10. The fourth-order valence-electron chi connectivity index (χ4n) is 0.649. The molecule has 1 aromatic rings. The maximum atomic E-state index is 10.4. The Labute approximate surface area is 61.5 Å². The number of nitrogens with zero attached hydrogens (tertiary/aromatic N) is 1. The number of nitrogens with two attached hydrogens (primary N) is 1. The molecule has 0 radical (unpaired) electrons. The number of hydrogen-bond donors (Lipinski definition) is 2. The van der Waals surface area contributed by atoms with Crippen LogP contribution in [-0.2, 0) is 0 Å². The molecular formula is C5H6N2O2S. The molecule has 0 aromatic carbocycles. The van der Waals surface area contributed by atoms with Crippen LogP contribution < -0.4 is 5.73 Å². The van der Waals surface area contributed by atoms with E-state index in [1.165, 1.54) is 0 Å². The molecule has 5 heteroatoms. The minimum absolute atomic E-state index is 0.106. The molecule has 0 spiro atoms. The molecule has 0 aliphatic rings. The molecule has 0 amide bonds. The molecule has 0 aliphatic carbocycles. The number of carboxylic acid groups (broad SMARTS) is 1. The molecule has 0 saturated heterocycles. The van der Waals surface area contributed by atoms with Gasteiger partial charge in [-0.2, -0.15) is 4.37 Å². The lowest BCUT2D eigenvalue weighted by Crippen LogP contribution is -2.00. The van der Waals surface area contributed by atoms with Crippen molar-refractivity contribution in [2.45, 2.75) is 6.92 Å². The number of carbonyl (C=O) groups is 1. The van der Waals surface area contributed by atoms with Crippen LogP contribution in [0.1, 0.15) is 15.2 Å². The summed E-state index contributed by atoms with van der Waals surface area (Å²) in [4.78, 5) is 11.0. The molecule has 0 aliphatic heterocycles. The van der Waals surface area contributed by atoms with E-state index in [1.807, 2.05) is 0 Å². The van der Waals surface area contributed by atoms with Crippen molar-refractivity contribution in [1.29, 1.82) is 0 Å². The van der Waals surface area contributed by atoms with Gasteiger partial charge in [0.1, 0.15) is 5.56 Å². The highest BCUT2D eigenvalue weighted by Gasteiger charge is 2.13. The van der Waals surface area contributed by atoms with Crippen LogP contribution in [0, 0.1) is 6.92 Å². The molecule has 1 heterocycles. The van der Waals surface area contributed by atoms with Crippen LogP contribution in [0.15, 0.2) is 0 Å².